The highest BCUT2D eigenvalue weighted by molar-refractivity contribution is 5.97. The zero-order valence-corrected chi connectivity index (χ0v) is 19.8. The first-order chi connectivity index (χ1) is 16.0. The van der Waals surface area contributed by atoms with Gasteiger partial charge in [-0.05, 0) is 43.5 Å². The fourth-order valence-corrected chi connectivity index (χ4v) is 5.49. The Kier molecular flexibility index (Phi) is 6.70. The third-order valence-electron chi connectivity index (χ3n) is 7.23. The maximum atomic E-state index is 13.9. The van der Waals surface area contributed by atoms with Gasteiger partial charge in [0, 0.05) is 30.2 Å². The number of aliphatic hydroxyl groups is 1. The number of methoxy groups -OCH3 is 4. The first-order valence-corrected chi connectivity index (χ1v) is 11.4. The Labute approximate surface area is 195 Å². The average Bonchev–Trinajstić information content (AvgIpc) is 2.86. The normalized spacial score (nSPS) is 24.6. The SMILES string of the molecule is COc1ccc(C(=O)N2CCC3(O)CCCCC3[C@@H]2c2ccc(OC)cc2OC)c(OC)c1. The first kappa shape index (κ1) is 23.2. The summed E-state index contributed by atoms with van der Waals surface area (Å²) in [4.78, 5) is 15.8. The summed E-state index contributed by atoms with van der Waals surface area (Å²) in [6.07, 6.45) is 4.17. The van der Waals surface area contributed by atoms with Crippen LogP contribution in [-0.2, 0) is 0 Å². The lowest BCUT2D eigenvalue weighted by Gasteiger charge is -2.52. The molecule has 2 aromatic rings. The van der Waals surface area contributed by atoms with Crippen LogP contribution >= 0.6 is 0 Å². The second kappa shape index (κ2) is 9.51. The van der Waals surface area contributed by atoms with E-state index in [1.165, 1.54) is 0 Å². The highest BCUT2D eigenvalue weighted by atomic mass is 16.5. The lowest BCUT2D eigenvalue weighted by molar-refractivity contribution is -0.115. The summed E-state index contributed by atoms with van der Waals surface area (Å²) in [6.45, 7) is 0.445. The van der Waals surface area contributed by atoms with Crippen LogP contribution in [0, 0.1) is 5.92 Å². The topological polar surface area (TPSA) is 77.5 Å². The fourth-order valence-electron chi connectivity index (χ4n) is 5.49. The van der Waals surface area contributed by atoms with Gasteiger partial charge in [-0.15, -0.1) is 0 Å². The highest BCUT2D eigenvalue weighted by Gasteiger charge is 2.51. The molecule has 7 nitrogen and oxygen atoms in total. The molecular formula is C26H33NO6. The van der Waals surface area contributed by atoms with Crippen molar-refractivity contribution < 1.29 is 28.8 Å². The molecular weight excluding hydrogens is 422 g/mol. The minimum atomic E-state index is -0.797. The van der Waals surface area contributed by atoms with Crippen LogP contribution in [0.3, 0.4) is 0 Å². The van der Waals surface area contributed by atoms with Gasteiger partial charge in [0.1, 0.15) is 23.0 Å². The van der Waals surface area contributed by atoms with Crippen molar-refractivity contribution in [1.82, 2.24) is 4.90 Å². The van der Waals surface area contributed by atoms with Crippen molar-refractivity contribution in [3.05, 3.63) is 47.5 Å². The van der Waals surface area contributed by atoms with Gasteiger partial charge in [-0.2, -0.15) is 0 Å². The van der Waals surface area contributed by atoms with E-state index in [9.17, 15) is 9.90 Å². The third kappa shape index (κ3) is 4.22. The van der Waals surface area contributed by atoms with E-state index in [-0.39, 0.29) is 17.9 Å². The number of ether oxygens (including phenoxy) is 4. The molecule has 1 N–H and O–H groups in total. The molecule has 2 aliphatic rings. The summed E-state index contributed by atoms with van der Waals surface area (Å²) in [5, 5.41) is 11.6. The first-order valence-electron chi connectivity index (χ1n) is 11.4. The number of benzene rings is 2. The van der Waals surface area contributed by atoms with E-state index in [1.807, 2.05) is 23.1 Å². The number of fused-ring (bicyclic) bond motifs is 1. The number of likely N-dealkylation sites (tertiary alicyclic amines) is 1. The van der Waals surface area contributed by atoms with Crippen LogP contribution in [0.2, 0.25) is 0 Å². The van der Waals surface area contributed by atoms with E-state index in [0.29, 0.717) is 41.5 Å². The summed E-state index contributed by atoms with van der Waals surface area (Å²) < 4.78 is 21.9. The summed E-state index contributed by atoms with van der Waals surface area (Å²) in [6, 6.07) is 10.6. The molecule has 1 heterocycles. The Hall–Kier alpha value is -2.93. The van der Waals surface area contributed by atoms with Crippen LogP contribution in [0.1, 0.15) is 54.1 Å². The predicted molar refractivity (Wildman–Crippen MR) is 124 cm³/mol. The van der Waals surface area contributed by atoms with E-state index in [0.717, 1.165) is 31.2 Å². The van der Waals surface area contributed by atoms with Gasteiger partial charge in [0.2, 0.25) is 0 Å². The molecule has 0 spiro atoms. The zero-order valence-electron chi connectivity index (χ0n) is 19.8. The average molecular weight is 456 g/mol. The van der Waals surface area contributed by atoms with E-state index in [1.54, 1.807) is 46.6 Å². The molecule has 2 fully saturated rings. The van der Waals surface area contributed by atoms with Crippen molar-refractivity contribution in [1.29, 1.82) is 0 Å². The number of hydrogen-bond acceptors (Lipinski definition) is 6. The predicted octanol–water partition coefficient (Wildman–Crippen LogP) is 4.23. The quantitative estimate of drug-likeness (QED) is 0.703. The minimum absolute atomic E-state index is 0.0875. The maximum Gasteiger partial charge on any atom is 0.258 e. The summed E-state index contributed by atoms with van der Waals surface area (Å²) in [5.41, 5.74) is 0.551. The molecule has 1 aliphatic heterocycles. The van der Waals surface area contributed by atoms with Crippen LogP contribution in [0.25, 0.3) is 0 Å². The molecule has 1 amide bonds. The molecule has 4 rings (SSSR count). The molecule has 7 heteroatoms. The van der Waals surface area contributed by atoms with E-state index in [4.69, 9.17) is 18.9 Å². The molecule has 3 atom stereocenters. The van der Waals surface area contributed by atoms with Crippen molar-refractivity contribution in [3.63, 3.8) is 0 Å². The summed E-state index contributed by atoms with van der Waals surface area (Å²) in [7, 11) is 6.36. The van der Waals surface area contributed by atoms with Crippen LogP contribution in [0.15, 0.2) is 36.4 Å². The largest absolute Gasteiger partial charge is 0.497 e. The molecule has 0 aromatic heterocycles. The lowest BCUT2D eigenvalue weighted by Crippen LogP contribution is -2.56. The van der Waals surface area contributed by atoms with E-state index >= 15 is 0 Å². The number of carbonyl (C=O) groups is 1. The number of hydrogen-bond donors (Lipinski definition) is 1. The van der Waals surface area contributed by atoms with Gasteiger partial charge in [-0.1, -0.05) is 12.8 Å². The number of amides is 1. The van der Waals surface area contributed by atoms with Gasteiger partial charge in [-0.25, -0.2) is 0 Å². The van der Waals surface area contributed by atoms with Crippen molar-refractivity contribution in [2.75, 3.05) is 35.0 Å². The van der Waals surface area contributed by atoms with Crippen LogP contribution in [0.4, 0.5) is 0 Å². The molecule has 1 saturated heterocycles. The van der Waals surface area contributed by atoms with Gasteiger partial charge in [0.15, 0.2) is 0 Å². The Bertz CT molecular complexity index is 1010. The fraction of sp³-hybridized carbons (Fsp3) is 0.500. The van der Waals surface area contributed by atoms with Crippen LogP contribution < -0.4 is 18.9 Å². The summed E-state index contributed by atoms with van der Waals surface area (Å²) in [5.74, 6) is 2.19. The van der Waals surface area contributed by atoms with Gasteiger partial charge in [0.25, 0.3) is 5.91 Å². The number of carbonyl (C=O) groups excluding carboxylic acids is 1. The smallest absolute Gasteiger partial charge is 0.258 e. The zero-order chi connectivity index (χ0) is 23.6. The molecule has 2 aromatic carbocycles. The Morgan fingerprint density at radius 3 is 2.24 bits per heavy atom. The van der Waals surface area contributed by atoms with E-state index < -0.39 is 5.60 Å². The number of nitrogens with zero attached hydrogens (tertiary/aromatic N) is 1. The van der Waals surface area contributed by atoms with Gasteiger partial charge < -0.3 is 29.0 Å². The van der Waals surface area contributed by atoms with Gasteiger partial charge in [-0.3, -0.25) is 4.79 Å². The second-order valence-corrected chi connectivity index (χ2v) is 8.82. The molecule has 33 heavy (non-hydrogen) atoms. The maximum absolute atomic E-state index is 13.9. The third-order valence-corrected chi connectivity index (χ3v) is 7.23. The van der Waals surface area contributed by atoms with Crippen LogP contribution in [0.5, 0.6) is 23.0 Å². The van der Waals surface area contributed by atoms with Gasteiger partial charge >= 0.3 is 0 Å². The molecule has 178 valence electrons. The Morgan fingerprint density at radius 1 is 0.909 bits per heavy atom. The van der Waals surface area contributed by atoms with Crippen LogP contribution in [-0.4, -0.2) is 56.5 Å². The molecule has 1 aliphatic carbocycles. The standard InChI is InChI=1S/C26H33NO6/c1-30-17-8-10-19(22(15-17)32-3)24-21-7-5-6-12-26(21,29)13-14-27(24)25(28)20-11-9-18(31-2)16-23(20)33-4/h8-11,15-16,21,24,29H,5-7,12-14H2,1-4H3/t21?,24-,26?/m0/s1. The molecule has 2 unspecified atom stereocenters. The van der Waals surface area contributed by atoms with Crippen molar-refractivity contribution in [3.8, 4) is 23.0 Å². The molecule has 1 saturated carbocycles. The van der Waals surface area contributed by atoms with E-state index in [2.05, 4.69) is 0 Å². The number of piperidine rings is 1. The monoisotopic (exact) mass is 455 g/mol. The lowest BCUT2D eigenvalue weighted by atomic mass is 9.66. The Morgan fingerprint density at radius 2 is 1.58 bits per heavy atom. The van der Waals surface area contributed by atoms with Crippen molar-refractivity contribution in [2.45, 2.75) is 43.7 Å². The molecule has 0 radical (unpaired) electrons. The second-order valence-electron chi connectivity index (χ2n) is 8.82. The number of rotatable bonds is 6. The highest BCUT2D eigenvalue weighted by Crippen LogP contribution is 2.51. The summed E-state index contributed by atoms with van der Waals surface area (Å²) >= 11 is 0. The minimum Gasteiger partial charge on any atom is -0.497 e. The van der Waals surface area contributed by atoms with Crippen molar-refractivity contribution in [2.24, 2.45) is 5.92 Å². The molecule has 0 bridgehead atoms. The van der Waals surface area contributed by atoms with Crippen molar-refractivity contribution >= 4 is 5.91 Å². The van der Waals surface area contributed by atoms with Gasteiger partial charge in [0.05, 0.1) is 45.6 Å². The Balaban J connectivity index is 1.81.